The maximum atomic E-state index is 12.2. The molecule has 0 spiro atoms. The fraction of sp³-hybridized carbons (Fsp3) is 0.250. The minimum absolute atomic E-state index is 0.176. The maximum absolute atomic E-state index is 12.2. The number of carbonyl (C=O) groups is 1. The van der Waals surface area contributed by atoms with E-state index in [-0.39, 0.29) is 11.9 Å². The van der Waals surface area contributed by atoms with Crippen LogP contribution in [-0.4, -0.2) is 37.3 Å². The van der Waals surface area contributed by atoms with Crippen molar-refractivity contribution in [3.8, 4) is 5.69 Å². The third-order valence-corrected chi connectivity index (χ3v) is 2.67. The van der Waals surface area contributed by atoms with Crippen LogP contribution in [0.5, 0.6) is 0 Å². The molecule has 1 aromatic heterocycles. The number of thiocarbonyl (C=S) groups is 1. The number of para-hydroxylation sites is 1. The average molecular weight is 305 g/mol. The third kappa shape index (κ3) is 3.96. The Kier molecular flexibility index (Phi) is 4.77. The SMILES string of the molecule is CC(C)NC(=S)NNC(=O)c1ccccc1-n1cnnn1. The van der Waals surface area contributed by atoms with E-state index in [0.29, 0.717) is 16.4 Å². The number of benzene rings is 1. The minimum Gasteiger partial charge on any atom is -0.359 e. The number of aromatic nitrogens is 4. The molecular weight excluding hydrogens is 290 g/mol. The lowest BCUT2D eigenvalue weighted by Crippen LogP contribution is -2.48. The van der Waals surface area contributed by atoms with Gasteiger partial charge in [-0.25, -0.2) is 0 Å². The second-order valence-corrected chi connectivity index (χ2v) is 4.89. The summed E-state index contributed by atoms with van der Waals surface area (Å²) in [6.07, 6.45) is 1.42. The molecule has 9 heteroatoms. The van der Waals surface area contributed by atoms with Crippen molar-refractivity contribution < 1.29 is 4.79 Å². The summed E-state index contributed by atoms with van der Waals surface area (Å²) in [6, 6.07) is 7.15. The van der Waals surface area contributed by atoms with E-state index >= 15 is 0 Å². The van der Waals surface area contributed by atoms with Gasteiger partial charge in [-0.1, -0.05) is 12.1 Å². The van der Waals surface area contributed by atoms with Gasteiger partial charge in [0.1, 0.15) is 6.33 Å². The molecule has 110 valence electrons. The van der Waals surface area contributed by atoms with E-state index < -0.39 is 0 Å². The molecule has 8 nitrogen and oxygen atoms in total. The van der Waals surface area contributed by atoms with Crippen LogP contribution in [0.25, 0.3) is 5.69 Å². The smallest absolute Gasteiger partial charge is 0.271 e. The van der Waals surface area contributed by atoms with Crippen molar-refractivity contribution in [2.75, 3.05) is 0 Å². The number of carbonyl (C=O) groups excluding carboxylic acids is 1. The molecule has 0 unspecified atom stereocenters. The normalized spacial score (nSPS) is 10.2. The van der Waals surface area contributed by atoms with E-state index in [2.05, 4.69) is 31.7 Å². The van der Waals surface area contributed by atoms with Gasteiger partial charge < -0.3 is 5.32 Å². The fourth-order valence-corrected chi connectivity index (χ4v) is 1.90. The van der Waals surface area contributed by atoms with E-state index in [0.717, 1.165) is 0 Å². The molecule has 0 saturated carbocycles. The summed E-state index contributed by atoms with van der Waals surface area (Å²) in [5.74, 6) is -0.339. The molecule has 0 saturated heterocycles. The van der Waals surface area contributed by atoms with Gasteiger partial charge in [0.25, 0.3) is 5.91 Å². The van der Waals surface area contributed by atoms with Gasteiger partial charge in [-0.3, -0.25) is 15.6 Å². The highest BCUT2D eigenvalue weighted by molar-refractivity contribution is 7.80. The van der Waals surface area contributed by atoms with Crippen LogP contribution < -0.4 is 16.2 Å². The number of tetrazole rings is 1. The fourth-order valence-electron chi connectivity index (χ4n) is 1.62. The second-order valence-electron chi connectivity index (χ2n) is 4.48. The molecule has 0 aliphatic heterocycles. The van der Waals surface area contributed by atoms with E-state index in [4.69, 9.17) is 12.2 Å². The summed E-state index contributed by atoms with van der Waals surface area (Å²) in [4.78, 5) is 12.2. The number of rotatable bonds is 3. The Hall–Kier alpha value is -2.55. The highest BCUT2D eigenvalue weighted by Crippen LogP contribution is 2.11. The van der Waals surface area contributed by atoms with Gasteiger partial charge in [-0.2, -0.15) is 4.68 Å². The summed E-state index contributed by atoms with van der Waals surface area (Å²) < 4.78 is 1.42. The van der Waals surface area contributed by atoms with Crippen LogP contribution in [0.4, 0.5) is 0 Å². The molecule has 1 aromatic carbocycles. The van der Waals surface area contributed by atoms with E-state index in [1.807, 2.05) is 13.8 Å². The lowest BCUT2D eigenvalue weighted by Gasteiger charge is -2.14. The number of hydrogen-bond donors (Lipinski definition) is 3. The highest BCUT2D eigenvalue weighted by Gasteiger charge is 2.13. The van der Waals surface area contributed by atoms with Gasteiger partial charge >= 0.3 is 0 Å². The number of hydrogen-bond acceptors (Lipinski definition) is 5. The zero-order chi connectivity index (χ0) is 15.2. The molecule has 0 aliphatic rings. The van der Waals surface area contributed by atoms with Crippen molar-refractivity contribution in [3.63, 3.8) is 0 Å². The van der Waals surface area contributed by atoms with Crippen LogP contribution in [0, 0.1) is 0 Å². The first kappa shape index (κ1) is 14.9. The van der Waals surface area contributed by atoms with Crippen molar-refractivity contribution in [1.29, 1.82) is 0 Å². The minimum atomic E-state index is -0.339. The van der Waals surface area contributed by atoms with E-state index in [9.17, 15) is 4.79 Å². The predicted octanol–water partition coefficient (Wildman–Crippen LogP) is 0.180. The van der Waals surface area contributed by atoms with Crippen LogP contribution >= 0.6 is 12.2 Å². The molecule has 21 heavy (non-hydrogen) atoms. The largest absolute Gasteiger partial charge is 0.359 e. The zero-order valence-electron chi connectivity index (χ0n) is 11.6. The van der Waals surface area contributed by atoms with Crippen LogP contribution in [0.15, 0.2) is 30.6 Å². The molecule has 3 N–H and O–H groups in total. The summed E-state index contributed by atoms with van der Waals surface area (Å²) in [7, 11) is 0. The van der Waals surface area contributed by atoms with Gasteiger partial charge in [-0.15, -0.1) is 5.10 Å². The summed E-state index contributed by atoms with van der Waals surface area (Å²) >= 11 is 5.04. The van der Waals surface area contributed by atoms with Gasteiger partial charge in [0.15, 0.2) is 5.11 Å². The molecule has 2 rings (SSSR count). The van der Waals surface area contributed by atoms with Gasteiger partial charge in [0.2, 0.25) is 0 Å². The monoisotopic (exact) mass is 305 g/mol. The third-order valence-electron chi connectivity index (χ3n) is 2.45. The summed E-state index contributed by atoms with van der Waals surface area (Å²) in [5, 5.41) is 14.2. The summed E-state index contributed by atoms with van der Waals surface area (Å²) in [6.45, 7) is 3.89. The van der Waals surface area contributed by atoms with Crippen molar-refractivity contribution in [2.24, 2.45) is 0 Å². The first-order valence-electron chi connectivity index (χ1n) is 6.27. The Balaban J connectivity index is 2.08. The molecule has 0 fully saturated rings. The number of nitrogens with zero attached hydrogens (tertiary/aromatic N) is 4. The van der Waals surface area contributed by atoms with Gasteiger partial charge in [-0.05, 0) is 48.6 Å². The Morgan fingerprint density at radius 1 is 1.29 bits per heavy atom. The van der Waals surface area contributed by atoms with E-state index in [1.54, 1.807) is 24.3 Å². The first-order chi connectivity index (χ1) is 10.1. The predicted molar refractivity (Wildman–Crippen MR) is 80.6 cm³/mol. The number of amides is 1. The molecule has 1 heterocycles. The molecule has 1 amide bonds. The quantitative estimate of drug-likeness (QED) is 0.550. The van der Waals surface area contributed by atoms with Crippen molar-refractivity contribution in [1.82, 2.24) is 36.4 Å². The Bertz CT molecular complexity index is 626. The van der Waals surface area contributed by atoms with Crippen molar-refractivity contribution >= 4 is 23.2 Å². The van der Waals surface area contributed by atoms with Gasteiger partial charge in [0, 0.05) is 6.04 Å². The molecule has 0 aliphatic carbocycles. The molecule has 2 aromatic rings. The number of nitrogens with one attached hydrogen (secondary N) is 3. The molecule has 0 atom stereocenters. The molecular formula is C12H15N7OS. The van der Waals surface area contributed by atoms with Crippen LogP contribution in [-0.2, 0) is 0 Å². The Morgan fingerprint density at radius 2 is 2.05 bits per heavy atom. The van der Waals surface area contributed by atoms with Gasteiger partial charge in [0.05, 0.1) is 11.3 Å². The lowest BCUT2D eigenvalue weighted by atomic mass is 10.1. The molecule has 0 radical (unpaired) electrons. The zero-order valence-corrected chi connectivity index (χ0v) is 12.4. The number of hydrazine groups is 1. The maximum Gasteiger partial charge on any atom is 0.271 e. The van der Waals surface area contributed by atoms with Crippen molar-refractivity contribution in [3.05, 3.63) is 36.2 Å². The average Bonchev–Trinajstić information content (AvgIpc) is 2.98. The molecule has 0 bridgehead atoms. The Labute approximate surface area is 126 Å². The first-order valence-corrected chi connectivity index (χ1v) is 6.68. The lowest BCUT2D eigenvalue weighted by molar-refractivity contribution is 0.0943. The van der Waals surface area contributed by atoms with Crippen LogP contribution in [0.1, 0.15) is 24.2 Å². The highest BCUT2D eigenvalue weighted by atomic mass is 32.1. The van der Waals surface area contributed by atoms with Crippen molar-refractivity contribution in [2.45, 2.75) is 19.9 Å². The Morgan fingerprint density at radius 3 is 2.71 bits per heavy atom. The van der Waals surface area contributed by atoms with E-state index in [1.165, 1.54) is 11.0 Å². The topological polar surface area (TPSA) is 96.8 Å². The van der Waals surface area contributed by atoms with Crippen LogP contribution in [0.3, 0.4) is 0 Å². The van der Waals surface area contributed by atoms with Crippen LogP contribution in [0.2, 0.25) is 0 Å². The standard InChI is InChI=1S/C12H15N7OS/c1-8(2)14-12(21)16-15-11(20)9-5-3-4-6-10(9)19-7-13-17-18-19/h3-8H,1-2H3,(H,15,20)(H2,14,16,21). The second kappa shape index (κ2) is 6.75. The summed E-state index contributed by atoms with van der Waals surface area (Å²) in [5.41, 5.74) is 6.17.